The van der Waals surface area contributed by atoms with Crippen LogP contribution in [0.5, 0.6) is 5.75 Å². The second kappa shape index (κ2) is 6.71. The van der Waals surface area contributed by atoms with Gasteiger partial charge in [-0.3, -0.25) is 0 Å². The Morgan fingerprint density at radius 3 is 2.77 bits per heavy atom. The van der Waals surface area contributed by atoms with Gasteiger partial charge in [0, 0.05) is 12.2 Å². The Kier molecular flexibility index (Phi) is 4.67. The number of benzene rings is 1. The van der Waals surface area contributed by atoms with Gasteiger partial charge in [0.25, 0.3) is 0 Å². The van der Waals surface area contributed by atoms with E-state index in [1.807, 2.05) is 25.1 Å². The third-order valence-corrected chi connectivity index (χ3v) is 8.27. The molecule has 2 saturated carbocycles. The number of phenolic OH excluding ortho intramolecular Hbond substituents is 1. The van der Waals surface area contributed by atoms with E-state index in [0.29, 0.717) is 35.5 Å². The van der Waals surface area contributed by atoms with E-state index in [4.69, 9.17) is 0 Å². The van der Waals surface area contributed by atoms with Crippen molar-refractivity contribution in [2.75, 3.05) is 6.61 Å². The lowest BCUT2D eigenvalue weighted by Crippen LogP contribution is -2.43. The first-order chi connectivity index (χ1) is 12.5. The number of fused-ring (bicyclic) bond motifs is 5. The van der Waals surface area contributed by atoms with Crippen LogP contribution in [0, 0.1) is 29.1 Å². The highest BCUT2D eigenvalue weighted by molar-refractivity contribution is 5.60. The molecule has 2 N–H and O–H groups in total. The molecule has 26 heavy (non-hydrogen) atoms. The van der Waals surface area contributed by atoms with Gasteiger partial charge in [-0.2, -0.15) is 0 Å². The van der Waals surface area contributed by atoms with Crippen molar-refractivity contribution in [2.24, 2.45) is 29.1 Å². The van der Waals surface area contributed by atoms with Gasteiger partial charge >= 0.3 is 0 Å². The van der Waals surface area contributed by atoms with Crippen molar-refractivity contribution in [3.63, 3.8) is 0 Å². The molecule has 142 valence electrons. The van der Waals surface area contributed by atoms with E-state index in [2.05, 4.69) is 19.9 Å². The number of aliphatic hydroxyl groups excluding tert-OH is 1. The zero-order valence-corrected chi connectivity index (χ0v) is 16.5. The lowest BCUT2D eigenvalue weighted by molar-refractivity contribution is 0.00156. The topological polar surface area (TPSA) is 40.5 Å². The van der Waals surface area contributed by atoms with E-state index in [0.717, 1.165) is 23.8 Å². The van der Waals surface area contributed by atoms with Crippen molar-refractivity contribution in [3.8, 4) is 5.75 Å². The largest absolute Gasteiger partial charge is 0.507 e. The van der Waals surface area contributed by atoms with Gasteiger partial charge in [0.15, 0.2) is 0 Å². The maximum atomic E-state index is 10.3. The van der Waals surface area contributed by atoms with Crippen molar-refractivity contribution in [3.05, 3.63) is 34.9 Å². The summed E-state index contributed by atoms with van der Waals surface area (Å²) in [6.07, 6.45) is 11.6. The molecule has 2 nitrogen and oxygen atoms in total. The number of phenols is 1. The second-order valence-corrected chi connectivity index (χ2v) is 9.41. The third kappa shape index (κ3) is 2.64. The zero-order valence-electron chi connectivity index (χ0n) is 16.5. The van der Waals surface area contributed by atoms with Crippen LogP contribution in [0.15, 0.2) is 18.2 Å². The summed E-state index contributed by atoms with van der Waals surface area (Å²) in [6.45, 7) is 7.10. The molecule has 0 aliphatic heterocycles. The van der Waals surface area contributed by atoms with Gasteiger partial charge < -0.3 is 10.2 Å². The van der Waals surface area contributed by atoms with Gasteiger partial charge in [0.05, 0.1) is 0 Å². The number of allylic oxidation sites excluding steroid dienone is 1. The molecule has 0 spiro atoms. The molecule has 2 heteroatoms. The average Bonchev–Trinajstić information content (AvgIpc) is 2.99. The highest BCUT2D eigenvalue weighted by Crippen LogP contribution is 2.64. The summed E-state index contributed by atoms with van der Waals surface area (Å²) >= 11 is 0. The smallest absolute Gasteiger partial charge is 0.123 e. The number of rotatable bonds is 3. The summed E-state index contributed by atoms with van der Waals surface area (Å²) in [4.78, 5) is 0. The Morgan fingerprint density at radius 2 is 2.04 bits per heavy atom. The molecule has 6 atom stereocenters. The first-order valence-corrected chi connectivity index (χ1v) is 10.6. The SMILES string of the molecule is C/C=C\c1cc2c(cc1O)CC[C@@H]1[C@@H]2CC[C@]2(C)[C@@H](C(C)CO)CC[C@@H]12. The van der Waals surface area contributed by atoms with Crippen molar-refractivity contribution in [1.82, 2.24) is 0 Å². The zero-order chi connectivity index (χ0) is 18.5. The molecule has 3 aliphatic rings. The highest BCUT2D eigenvalue weighted by atomic mass is 16.3. The fourth-order valence-corrected chi connectivity index (χ4v) is 7.04. The van der Waals surface area contributed by atoms with Crippen LogP contribution >= 0.6 is 0 Å². The van der Waals surface area contributed by atoms with Crippen molar-refractivity contribution < 1.29 is 10.2 Å². The number of aryl methyl sites for hydroxylation is 1. The van der Waals surface area contributed by atoms with Crippen LogP contribution in [0.25, 0.3) is 6.08 Å². The van der Waals surface area contributed by atoms with Gasteiger partial charge in [-0.1, -0.05) is 26.0 Å². The van der Waals surface area contributed by atoms with Crippen LogP contribution in [-0.4, -0.2) is 16.8 Å². The van der Waals surface area contributed by atoms with Crippen molar-refractivity contribution in [2.45, 2.75) is 65.2 Å². The van der Waals surface area contributed by atoms with Crippen LogP contribution in [0.3, 0.4) is 0 Å². The molecule has 0 bridgehead atoms. The fourth-order valence-electron chi connectivity index (χ4n) is 7.04. The minimum atomic E-state index is 0.329. The molecular formula is C24H34O2. The van der Waals surface area contributed by atoms with Crippen LogP contribution < -0.4 is 0 Å². The van der Waals surface area contributed by atoms with Crippen LogP contribution in [0.2, 0.25) is 0 Å². The molecule has 1 unspecified atom stereocenters. The highest BCUT2D eigenvalue weighted by Gasteiger charge is 2.55. The monoisotopic (exact) mass is 354 g/mol. The van der Waals surface area contributed by atoms with E-state index >= 15 is 0 Å². The summed E-state index contributed by atoms with van der Waals surface area (Å²) in [5.41, 5.74) is 4.26. The number of aliphatic hydroxyl groups is 1. The minimum Gasteiger partial charge on any atom is -0.507 e. The molecule has 1 aromatic carbocycles. The molecule has 2 fully saturated rings. The molecule has 1 aromatic rings. The predicted molar refractivity (Wildman–Crippen MR) is 107 cm³/mol. The Labute approximate surface area is 158 Å². The Hall–Kier alpha value is -1.28. The summed E-state index contributed by atoms with van der Waals surface area (Å²) < 4.78 is 0. The van der Waals surface area contributed by atoms with Gasteiger partial charge in [0.2, 0.25) is 0 Å². The lowest BCUT2D eigenvalue weighted by Gasteiger charge is -2.52. The third-order valence-electron chi connectivity index (χ3n) is 8.27. The first kappa shape index (κ1) is 18.1. The van der Waals surface area contributed by atoms with Gasteiger partial charge in [-0.05, 0) is 104 Å². The standard InChI is InChI=1S/C24H34O2/c1-4-5-17-12-20-16(13-23(17)26)6-7-19-18(20)10-11-24(3)21(15(2)14-25)8-9-22(19)24/h4-5,12-13,15,18-19,21-22,25-26H,6-11,14H2,1-3H3/b5-4-/t15?,18-,19+,21+,22-,24+/m0/s1. The molecule has 0 radical (unpaired) electrons. The lowest BCUT2D eigenvalue weighted by atomic mass is 9.53. The maximum absolute atomic E-state index is 10.3. The van der Waals surface area contributed by atoms with Crippen LogP contribution in [-0.2, 0) is 6.42 Å². The Bertz CT molecular complexity index is 706. The Balaban J connectivity index is 1.67. The molecule has 4 rings (SSSR count). The molecule has 0 amide bonds. The van der Waals surface area contributed by atoms with Gasteiger partial charge in [0.1, 0.15) is 5.75 Å². The second-order valence-electron chi connectivity index (χ2n) is 9.41. The quantitative estimate of drug-likeness (QED) is 0.749. The fraction of sp³-hybridized carbons (Fsp3) is 0.667. The normalized spacial score (nSPS) is 37.2. The summed E-state index contributed by atoms with van der Waals surface area (Å²) in [6, 6.07) is 4.30. The van der Waals surface area contributed by atoms with E-state index in [1.54, 1.807) is 0 Å². The molecular weight excluding hydrogens is 320 g/mol. The summed E-state index contributed by atoms with van der Waals surface area (Å²) in [5.74, 6) is 3.77. The van der Waals surface area contributed by atoms with E-state index in [-0.39, 0.29) is 0 Å². The van der Waals surface area contributed by atoms with Crippen LogP contribution in [0.1, 0.15) is 75.5 Å². The van der Waals surface area contributed by atoms with Crippen LogP contribution in [0.4, 0.5) is 0 Å². The summed E-state index contributed by atoms with van der Waals surface area (Å²) in [5, 5.41) is 20.1. The predicted octanol–water partition coefficient (Wildman–Crippen LogP) is 5.53. The van der Waals surface area contributed by atoms with E-state index in [9.17, 15) is 10.2 Å². The molecule has 0 heterocycles. The van der Waals surface area contributed by atoms with Gasteiger partial charge in [-0.15, -0.1) is 0 Å². The molecule has 3 aliphatic carbocycles. The van der Waals surface area contributed by atoms with E-state index < -0.39 is 0 Å². The minimum absolute atomic E-state index is 0.329. The number of hydrogen-bond donors (Lipinski definition) is 2. The maximum Gasteiger partial charge on any atom is 0.123 e. The summed E-state index contributed by atoms with van der Waals surface area (Å²) in [7, 11) is 0. The molecule has 0 aromatic heterocycles. The van der Waals surface area contributed by atoms with Gasteiger partial charge in [-0.25, -0.2) is 0 Å². The Morgan fingerprint density at radius 1 is 1.23 bits per heavy atom. The van der Waals surface area contributed by atoms with Crippen molar-refractivity contribution in [1.29, 1.82) is 0 Å². The number of hydrogen-bond acceptors (Lipinski definition) is 2. The first-order valence-electron chi connectivity index (χ1n) is 10.6. The number of aromatic hydroxyl groups is 1. The average molecular weight is 355 g/mol. The van der Waals surface area contributed by atoms with Crippen molar-refractivity contribution >= 4 is 6.08 Å². The molecule has 0 saturated heterocycles. The van der Waals surface area contributed by atoms with E-state index in [1.165, 1.54) is 43.2 Å².